The van der Waals surface area contributed by atoms with Gasteiger partial charge < -0.3 is 9.42 Å². The lowest BCUT2D eigenvalue weighted by atomic mass is 10.1. The number of nitrogens with zero attached hydrogens (tertiary/aromatic N) is 3. The molecule has 1 aliphatic heterocycles. The molecule has 0 spiro atoms. The summed E-state index contributed by atoms with van der Waals surface area (Å²) in [5.41, 5.74) is 1.86. The van der Waals surface area contributed by atoms with Crippen molar-refractivity contribution in [3.05, 3.63) is 41.0 Å². The van der Waals surface area contributed by atoms with Gasteiger partial charge in [0.25, 0.3) is 0 Å². The third-order valence-electron chi connectivity index (χ3n) is 3.41. The van der Waals surface area contributed by atoms with Gasteiger partial charge in [-0.15, -0.1) is 0 Å². The highest BCUT2D eigenvalue weighted by Gasteiger charge is 2.14. The highest BCUT2D eigenvalue weighted by molar-refractivity contribution is 6.30. The normalized spacial score (nSPS) is 15.3. The molecule has 0 N–H and O–H groups in total. The molecule has 0 saturated carbocycles. The Morgan fingerprint density at radius 2 is 2.25 bits per heavy atom. The number of rotatable bonds is 3. The van der Waals surface area contributed by atoms with Crippen molar-refractivity contribution in [3.8, 4) is 11.3 Å². The molecule has 3 rings (SSSR count). The minimum atomic E-state index is 0.694. The molecule has 0 amide bonds. The second-order valence-corrected chi connectivity index (χ2v) is 5.33. The van der Waals surface area contributed by atoms with Crippen LogP contribution < -0.4 is 0 Å². The monoisotopic (exact) mass is 289 g/mol. The molecular weight excluding hydrogens is 274 g/mol. The van der Waals surface area contributed by atoms with Gasteiger partial charge in [0, 0.05) is 29.7 Å². The van der Waals surface area contributed by atoms with E-state index in [2.05, 4.69) is 15.0 Å². The van der Waals surface area contributed by atoms with Gasteiger partial charge in [-0.25, -0.2) is 0 Å². The molecule has 1 aliphatic rings. The maximum Gasteiger partial charge on any atom is 0.167 e. The number of benzene rings is 1. The van der Waals surface area contributed by atoms with E-state index in [4.69, 9.17) is 16.1 Å². The zero-order valence-electron chi connectivity index (χ0n) is 11.3. The summed E-state index contributed by atoms with van der Waals surface area (Å²) >= 11 is 5.99. The molecule has 2 heterocycles. The Hall–Kier alpha value is -1.81. The summed E-state index contributed by atoms with van der Waals surface area (Å²) in [6.07, 6.45) is 1.09. The van der Waals surface area contributed by atoms with Gasteiger partial charge in [0.2, 0.25) is 0 Å². The predicted octanol–water partition coefficient (Wildman–Crippen LogP) is 3.62. The van der Waals surface area contributed by atoms with Crippen molar-refractivity contribution >= 4 is 17.4 Å². The van der Waals surface area contributed by atoms with Gasteiger partial charge >= 0.3 is 0 Å². The maximum atomic E-state index is 5.99. The Morgan fingerprint density at radius 1 is 1.35 bits per heavy atom. The third kappa shape index (κ3) is 2.85. The van der Waals surface area contributed by atoms with E-state index in [1.165, 1.54) is 0 Å². The molecule has 4 nitrogen and oxygen atoms in total. The standard InChI is InChI=1S/C15H16ClN3O/c1-11-17-6-3-7-19(11)10-14-9-15(20-18-14)12-4-2-5-13(16)8-12/h2,4-5,8-9H,3,6-7,10H2,1H3. The topological polar surface area (TPSA) is 41.6 Å². The molecule has 0 radical (unpaired) electrons. The Balaban J connectivity index is 1.77. The SMILES string of the molecule is CC1=NCCCN1Cc1cc(-c2cccc(Cl)c2)on1. The van der Waals surface area contributed by atoms with Crippen LogP contribution in [-0.2, 0) is 6.54 Å². The molecular formula is C15H16ClN3O. The molecule has 104 valence electrons. The molecule has 0 unspecified atom stereocenters. The van der Waals surface area contributed by atoms with Crippen molar-refractivity contribution in [2.75, 3.05) is 13.1 Å². The minimum absolute atomic E-state index is 0.694. The van der Waals surface area contributed by atoms with Gasteiger partial charge in [-0.3, -0.25) is 4.99 Å². The van der Waals surface area contributed by atoms with Gasteiger partial charge in [-0.1, -0.05) is 28.9 Å². The second kappa shape index (κ2) is 5.67. The zero-order chi connectivity index (χ0) is 13.9. The van der Waals surface area contributed by atoms with Crippen molar-refractivity contribution in [1.29, 1.82) is 0 Å². The minimum Gasteiger partial charge on any atom is -0.356 e. The summed E-state index contributed by atoms with van der Waals surface area (Å²) in [5.74, 6) is 1.82. The molecule has 0 atom stereocenters. The van der Waals surface area contributed by atoms with Crippen molar-refractivity contribution in [2.45, 2.75) is 19.9 Å². The number of amidine groups is 1. The number of hydrogen-bond donors (Lipinski definition) is 0. The second-order valence-electron chi connectivity index (χ2n) is 4.90. The highest BCUT2D eigenvalue weighted by Crippen LogP contribution is 2.24. The van der Waals surface area contributed by atoms with Crippen LogP contribution in [0.2, 0.25) is 5.02 Å². The van der Waals surface area contributed by atoms with Crippen molar-refractivity contribution in [1.82, 2.24) is 10.1 Å². The lowest BCUT2D eigenvalue weighted by molar-refractivity contribution is 0.360. The number of aliphatic imine (C=N–C) groups is 1. The molecule has 0 saturated heterocycles. The van der Waals surface area contributed by atoms with Gasteiger partial charge in [0.15, 0.2) is 5.76 Å². The van der Waals surface area contributed by atoms with Crippen LogP contribution in [0.1, 0.15) is 19.0 Å². The zero-order valence-corrected chi connectivity index (χ0v) is 12.1. The quantitative estimate of drug-likeness (QED) is 0.866. The van der Waals surface area contributed by atoms with E-state index in [0.717, 1.165) is 48.9 Å². The van der Waals surface area contributed by atoms with Gasteiger partial charge in [0.1, 0.15) is 5.69 Å². The summed E-state index contributed by atoms with van der Waals surface area (Å²) in [7, 11) is 0. The van der Waals surface area contributed by atoms with E-state index in [0.29, 0.717) is 5.02 Å². The van der Waals surface area contributed by atoms with Crippen LogP contribution in [0.4, 0.5) is 0 Å². The fraction of sp³-hybridized carbons (Fsp3) is 0.333. The molecule has 5 heteroatoms. The largest absolute Gasteiger partial charge is 0.356 e. The van der Waals surface area contributed by atoms with Crippen LogP contribution in [-0.4, -0.2) is 29.0 Å². The Bertz CT molecular complexity index is 636. The number of aromatic nitrogens is 1. The van der Waals surface area contributed by atoms with Gasteiger partial charge in [0.05, 0.1) is 12.4 Å². The summed E-state index contributed by atoms with van der Waals surface area (Å²) in [6.45, 7) is 4.72. The van der Waals surface area contributed by atoms with Crippen LogP contribution in [0.25, 0.3) is 11.3 Å². The third-order valence-corrected chi connectivity index (χ3v) is 3.64. The first-order valence-corrected chi connectivity index (χ1v) is 7.08. The number of halogens is 1. The van der Waals surface area contributed by atoms with E-state index in [1.54, 1.807) is 0 Å². The molecule has 2 aromatic rings. The van der Waals surface area contributed by atoms with E-state index in [9.17, 15) is 0 Å². The van der Waals surface area contributed by atoms with E-state index in [1.807, 2.05) is 37.3 Å². The fourth-order valence-corrected chi connectivity index (χ4v) is 2.51. The first kappa shape index (κ1) is 13.2. The Kier molecular flexibility index (Phi) is 3.74. The van der Waals surface area contributed by atoms with Crippen molar-refractivity contribution in [3.63, 3.8) is 0 Å². The summed E-state index contributed by atoms with van der Waals surface area (Å²) in [4.78, 5) is 6.68. The number of hydrogen-bond acceptors (Lipinski definition) is 4. The molecule has 1 aromatic heterocycles. The highest BCUT2D eigenvalue weighted by atomic mass is 35.5. The van der Waals surface area contributed by atoms with E-state index >= 15 is 0 Å². The Labute approximate surface area is 123 Å². The first-order chi connectivity index (χ1) is 9.72. The molecule has 0 bridgehead atoms. The lowest BCUT2D eigenvalue weighted by Crippen LogP contribution is -2.33. The average molecular weight is 290 g/mol. The molecule has 20 heavy (non-hydrogen) atoms. The van der Waals surface area contributed by atoms with Crippen LogP contribution in [0.15, 0.2) is 39.8 Å². The summed E-state index contributed by atoms with van der Waals surface area (Å²) in [5, 5.41) is 4.83. The summed E-state index contributed by atoms with van der Waals surface area (Å²) < 4.78 is 5.41. The summed E-state index contributed by atoms with van der Waals surface area (Å²) in [6, 6.07) is 9.55. The van der Waals surface area contributed by atoms with Gasteiger partial charge in [-0.05, 0) is 25.5 Å². The van der Waals surface area contributed by atoms with Crippen LogP contribution in [0, 0.1) is 0 Å². The van der Waals surface area contributed by atoms with Crippen LogP contribution >= 0.6 is 11.6 Å². The van der Waals surface area contributed by atoms with E-state index < -0.39 is 0 Å². The Morgan fingerprint density at radius 3 is 3.05 bits per heavy atom. The van der Waals surface area contributed by atoms with Gasteiger partial charge in [-0.2, -0.15) is 0 Å². The molecule has 1 aromatic carbocycles. The van der Waals surface area contributed by atoms with Crippen LogP contribution in [0.3, 0.4) is 0 Å². The fourth-order valence-electron chi connectivity index (χ4n) is 2.32. The van der Waals surface area contributed by atoms with E-state index in [-0.39, 0.29) is 0 Å². The maximum absolute atomic E-state index is 5.99. The predicted molar refractivity (Wildman–Crippen MR) is 80.0 cm³/mol. The lowest BCUT2D eigenvalue weighted by Gasteiger charge is -2.26. The first-order valence-electron chi connectivity index (χ1n) is 6.70. The van der Waals surface area contributed by atoms with Crippen LogP contribution in [0.5, 0.6) is 0 Å². The van der Waals surface area contributed by atoms with Crippen molar-refractivity contribution < 1.29 is 4.52 Å². The molecule has 0 fully saturated rings. The molecule has 0 aliphatic carbocycles. The average Bonchev–Trinajstić information content (AvgIpc) is 2.90. The smallest absolute Gasteiger partial charge is 0.167 e. The van der Waals surface area contributed by atoms with Crippen molar-refractivity contribution in [2.24, 2.45) is 4.99 Å².